The molecule has 1 aromatic rings. The number of aromatic nitrogens is 1. The highest BCUT2D eigenvalue weighted by molar-refractivity contribution is 5.75. The minimum absolute atomic E-state index is 0.0659. The smallest absolute Gasteiger partial charge is 0.317 e. The number of hydrogen-bond donors (Lipinski definition) is 2. The fraction of sp³-hybridized carbons (Fsp3) is 0.500. The van der Waals surface area contributed by atoms with Crippen molar-refractivity contribution in [3.05, 3.63) is 18.0 Å². The quantitative estimate of drug-likeness (QED) is 0.763. The Morgan fingerprint density at radius 3 is 2.88 bits per heavy atom. The van der Waals surface area contributed by atoms with E-state index in [4.69, 9.17) is 9.63 Å². The molecular formula is C10H15N3O4. The number of carboxylic acid groups (broad SMARTS) is 1. The third-order valence-electron chi connectivity index (χ3n) is 2.17. The summed E-state index contributed by atoms with van der Waals surface area (Å²) in [7, 11) is 0. The van der Waals surface area contributed by atoms with Crippen molar-refractivity contribution in [2.75, 3.05) is 13.1 Å². The fourth-order valence-corrected chi connectivity index (χ4v) is 1.24. The number of aliphatic carboxylic acids is 1. The summed E-state index contributed by atoms with van der Waals surface area (Å²) in [6.07, 6.45) is 1.42. The lowest BCUT2D eigenvalue weighted by atomic mass is 10.4. The van der Waals surface area contributed by atoms with Crippen molar-refractivity contribution in [2.45, 2.75) is 19.9 Å². The molecule has 0 aliphatic heterocycles. The van der Waals surface area contributed by atoms with Crippen molar-refractivity contribution in [3.63, 3.8) is 0 Å². The molecule has 0 saturated heterocycles. The average Bonchev–Trinajstić information content (AvgIpc) is 2.79. The van der Waals surface area contributed by atoms with E-state index in [1.165, 1.54) is 11.1 Å². The highest BCUT2D eigenvalue weighted by atomic mass is 16.5. The van der Waals surface area contributed by atoms with E-state index in [1.807, 2.05) is 0 Å². The summed E-state index contributed by atoms with van der Waals surface area (Å²) in [4.78, 5) is 23.5. The van der Waals surface area contributed by atoms with Gasteiger partial charge in [0, 0.05) is 19.2 Å². The molecule has 0 spiro atoms. The molecule has 1 aromatic heterocycles. The number of urea groups is 1. The topological polar surface area (TPSA) is 95.7 Å². The third-order valence-corrected chi connectivity index (χ3v) is 2.17. The molecule has 94 valence electrons. The average molecular weight is 241 g/mol. The fourth-order valence-electron chi connectivity index (χ4n) is 1.24. The van der Waals surface area contributed by atoms with Crippen molar-refractivity contribution >= 4 is 12.0 Å². The van der Waals surface area contributed by atoms with Gasteiger partial charge in [0.25, 0.3) is 0 Å². The van der Waals surface area contributed by atoms with Crippen LogP contribution >= 0.6 is 0 Å². The van der Waals surface area contributed by atoms with Crippen LogP contribution in [0.15, 0.2) is 16.8 Å². The van der Waals surface area contributed by atoms with Crippen LogP contribution < -0.4 is 5.32 Å². The van der Waals surface area contributed by atoms with E-state index < -0.39 is 5.97 Å². The Morgan fingerprint density at radius 1 is 1.59 bits per heavy atom. The van der Waals surface area contributed by atoms with Crippen molar-refractivity contribution < 1.29 is 19.2 Å². The molecule has 2 amide bonds. The van der Waals surface area contributed by atoms with Gasteiger partial charge in [0.15, 0.2) is 5.76 Å². The molecule has 7 heteroatoms. The predicted octanol–water partition coefficient (Wildman–Crippen LogP) is 0.681. The minimum atomic E-state index is -0.925. The summed E-state index contributed by atoms with van der Waals surface area (Å²) < 4.78 is 4.82. The number of rotatable bonds is 6. The highest BCUT2D eigenvalue weighted by Gasteiger charge is 2.12. The van der Waals surface area contributed by atoms with Gasteiger partial charge in [-0.3, -0.25) is 4.79 Å². The van der Waals surface area contributed by atoms with Gasteiger partial charge in [0.2, 0.25) is 0 Å². The van der Waals surface area contributed by atoms with Gasteiger partial charge in [-0.05, 0) is 6.92 Å². The van der Waals surface area contributed by atoms with Gasteiger partial charge >= 0.3 is 12.0 Å². The Balaban J connectivity index is 2.35. The summed E-state index contributed by atoms with van der Waals surface area (Å²) in [5, 5.41) is 14.7. The second-order valence-electron chi connectivity index (χ2n) is 3.36. The van der Waals surface area contributed by atoms with E-state index in [-0.39, 0.29) is 25.5 Å². The van der Waals surface area contributed by atoms with Crippen molar-refractivity contribution in [3.8, 4) is 0 Å². The first kappa shape index (κ1) is 13.0. The molecule has 7 nitrogen and oxygen atoms in total. The van der Waals surface area contributed by atoms with Crippen LogP contribution in [0.5, 0.6) is 0 Å². The van der Waals surface area contributed by atoms with E-state index in [1.54, 1.807) is 13.0 Å². The van der Waals surface area contributed by atoms with Crippen molar-refractivity contribution in [1.82, 2.24) is 15.4 Å². The number of nitrogens with one attached hydrogen (secondary N) is 1. The second kappa shape index (κ2) is 6.51. The van der Waals surface area contributed by atoms with Crippen LogP contribution in [-0.2, 0) is 11.3 Å². The lowest BCUT2D eigenvalue weighted by molar-refractivity contribution is -0.137. The van der Waals surface area contributed by atoms with E-state index in [0.717, 1.165) is 0 Å². The maximum atomic E-state index is 11.6. The molecule has 0 aliphatic carbocycles. The Hall–Kier alpha value is -2.05. The van der Waals surface area contributed by atoms with Crippen molar-refractivity contribution in [2.24, 2.45) is 0 Å². The molecule has 1 rings (SSSR count). The highest BCUT2D eigenvalue weighted by Crippen LogP contribution is 1.97. The first-order valence-corrected chi connectivity index (χ1v) is 5.27. The maximum absolute atomic E-state index is 11.6. The summed E-state index contributed by atoms with van der Waals surface area (Å²) in [5.74, 6) is -0.376. The molecule has 0 fully saturated rings. The van der Waals surface area contributed by atoms with E-state index in [9.17, 15) is 9.59 Å². The molecule has 0 aromatic carbocycles. The zero-order chi connectivity index (χ0) is 12.7. The Bertz CT molecular complexity index is 364. The first-order valence-electron chi connectivity index (χ1n) is 5.27. The summed E-state index contributed by atoms with van der Waals surface area (Å²) in [6.45, 7) is 2.67. The molecule has 0 saturated carbocycles. The van der Waals surface area contributed by atoms with Gasteiger partial charge in [0.05, 0.1) is 19.2 Å². The molecule has 2 N–H and O–H groups in total. The number of nitrogens with zero attached hydrogens (tertiary/aromatic N) is 2. The van der Waals surface area contributed by atoms with Crippen LogP contribution in [0.1, 0.15) is 19.1 Å². The molecular weight excluding hydrogens is 226 g/mol. The molecule has 17 heavy (non-hydrogen) atoms. The van der Waals surface area contributed by atoms with E-state index in [0.29, 0.717) is 12.3 Å². The predicted molar refractivity (Wildman–Crippen MR) is 58.2 cm³/mol. The van der Waals surface area contributed by atoms with Crippen LogP contribution in [0, 0.1) is 0 Å². The van der Waals surface area contributed by atoms with Gasteiger partial charge in [-0.2, -0.15) is 0 Å². The molecule has 0 bridgehead atoms. The van der Waals surface area contributed by atoms with Crippen LogP contribution in [0.25, 0.3) is 0 Å². The SMILES string of the molecule is CCN(CCC(=O)O)C(=O)NCc1ccno1. The monoisotopic (exact) mass is 241 g/mol. The van der Waals surface area contributed by atoms with E-state index >= 15 is 0 Å². The number of carbonyl (C=O) groups is 2. The summed E-state index contributed by atoms with van der Waals surface area (Å²) in [6, 6.07) is 1.33. The standard InChI is InChI=1S/C10H15N3O4/c1-2-13(6-4-9(14)15)10(16)11-7-8-3-5-12-17-8/h3,5H,2,4,6-7H2,1H3,(H,11,16)(H,14,15). The van der Waals surface area contributed by atoms with Gasteiger partial charge in [-0.25, -0.2) is 4.79 Å². The zero-order valence-corrected chi connectivity index (χ0v) is 9.55. The summed E-state index contributed by atoms with van der Waals surface area (Å²) >= 11 is 0. The Kier molecular flexibility index (Phi) is 4.99. The van der Waals surface area contributed by atoms with Crippen LogP contribution in [0.3, 0.4) is 0 Å². The molecule has 0 radical (unpaired) electrons. The Morgan fingerprint density at radius 2 is 2.35 bits per heavy atom. The lowest BCUT2D eigenvalue weighted by Crippen LogP contribution is -2.40. The minimum Gasteiger partial charge on any atom is -0.481 e. The van der Waals surface area contributed by atoms with Crippen LogP contribution in [0.2, 0.25) is 0 Å². The number of carboxylic acids is 1. The molecule has 0 unspecified atom stereocenters. The van der Waals surface area contributed by atoms with Gasteiger partial charge in [0.1, 0.15) is 0 Å². The van der Waals surface area contributed by atoms with Gasteiger partial charge in [-0.1, -0.05) is 5.16 Å². The van der Waals surface area contributed by atoms with Crippen molar-refractivity contribution in [1.29, 1.82) is 0 Å². The normalized spacial score (nSPS) is 9.94. The second-order valence-corrected chi connectivity index (χ2v) is 3.36. The van der Waals surface area contributed by atoms with Gasteiger partial charge in [-0.15, -0.1) is 0 Å². The maximum Gasteiger partial charge on any atom is 0.317 e. The molecule has 0 aliphatic rings. The number of carbonyl (C=O) groups excluding carboxylic acids is 1. The molecule has 0 atom stereocenters. The largest absolute Gasteiger partial charge is 0.481 e. The molecule has 1 heterocycles. The van der Waals surface area contributed by atoms with Crippen LogP contribution in [-0.4, -0.2) is 40.3 Å². The number of hydrogen-bond acceptors (Lipinski definition) is 4. The zero-order valence-electron chi connectivity index (χ0n) is 9.55. The lowest BCUT2D eigenvalue weighted by Gasteiger charge is -2.19. The first-order chi connectivity index (χ1) is 8.13. The van der Waals surface area contributed by atoms with Gasteiger partial charge < -0.3 is 19.8 Å². The van der Waals surface area contributed by atoms with E-state index in [2.05, 4.69) is 10.5 Å². The summed E-state index contributed by atoms with van der Waals surface area (Å²) in [5.41, 5.74) is 0. The Labute approximate surface area is 98.4 Å². The van der Waals surface area contributed by atoms with Crippen LogP contribution in [0.4, 0.5) is 4.79 Å². The number of amides is 2. The third kappa shape index (κ3) is 4.54.